The lowest BCUT2D eigenvalue weighted by molar-refractivity contribution is 0.0935. The third-order valence-corrected chi connectivity index (χ3v) is 3.13. The summed E-state index contributed by atoms with van der Waals surface area (Å²) in [6.07, 6.45) is 2.89. The highest BCUT2D eigenvalue weighted by Gasteiger charge is 2.15. The molecular formula is C13H13BrN4O. The van der Waals surface area contributed by atoms with Crippen LogP contribution in [0.3, 0.4) is 0 Å². The summed E-state index contributed by atoms with van der Waals surface area (Å²) in [5.74, 6) is -0.209. The van der Waals surface area contributed by atoms with Crippen LogP contribution in [0.5, 0.6) is 0 Å². The van der Waals surface area contributed by atoms with Gasteiger partial charge in [0.15, 0.2) is 11.5 Å². The molecule has 98 valence electrons. The molecule has 19 heavy (non-hydrogen) atoms. The minimum Gasteiger partial charge on any atom is -0.382 e. The molecule has 2 rings (SSSR count). The summed E-state index contributed by atoms with van der Waals surface area (Å²) in [5, 5.41) is 2.84. The van der Waals surface area contributed by atoms with E-state index >= 15 is 0 Å². The van der Waals surface area contributed by atoms with Crippen molar-refractivity contribution < 1.29 is 4.79 Å². The van der Waals surface area contributed by atoms with E-state index in [1.807, 2.05) is 31.2 Å². The molecule has 6 heteroatoms. The molecule has 1 heterocycles. The number of aromatic nitrogens is 2. The maximum absolute atomic E-state index is 12.0. The molecule has 2 aromatic rings. The van der Waals surface area contributed by atoms with E-state index < -0.39 is 0 Å². The van der Waals surface area contributed by atoms with Crippen molar-refractivity contribution in [3.8, 4) is 0 Å². The van der Waals surface area contributed by atoms with Crippen LogP contribution in [0.1, 0.15) is 29.0 Å². The van der Waals surface area contributed by atoms with Crippen molar-refractivity contribution in [2.75, 3.05) is 5.73 Å². The molecule has 0 aliphatic carbocycles. The van der Waals surface area contributed by atoms with Crippen molar-refractivity contribution >= 4 is 27.7 Å². The highest BCUT2D eigenvalue weighted by Crippen LogP contribution is 2.18. The van der Waals surface area contributed by atoms with Gasteiger partial charge in [0.2, 0.25) is 0 Å². The summed E-state index contributed by atoms with van der Waals surface area (Å²) < 4.78 is 0.963. The summed E-state index contributed by atoms with van der Waals surface area (Å²) in [4.78, 5) is 19.8. The molecule has 0 saturated carbocycles. The van der Waals surface area contributed by atoms with Crippen LogP contribution in [-0.2, 0) is 0 Å². The Bertz CT molecular complexity index is 603. The van der Waals surface area contributed by atoms with Gasteiger partial charge in [-0.3, -0.25) is 4.79 Å². The van der Waals surface area contributed by atoms with E-state index in [0.717, 1.165) is 10.0 Å². The molecule has 0 spiro atoms. The third kappa shape index (κ3) is 3.29. The van der Waals surface area contributed by atoms with Gasteiger partial charge < -0.3 is 11.1 Å². The number of nitrogen functional groups attached to an aromatic ring is 1. The fraction of sp³-hybridized carbons (Fsp3) is 0.154. The molecule has 1 amide bonds. The van der Waals surface area contributed by atoms with Crippen molar-refractivity contribution in [3.05, 3.63) is 52.4 Å². The van der Waals surface area contributed by atoms with Gasteiger partial charge in [0.1, 0.15) is 0 Å². The van der Waals surface area contributed by atoms with Gasteiger partial charge in [-0.2, -0.15) is 0 Å². The molecule has 1 aromatic heterocycles. The van der Waals surface area contributed by atoms with E-state index in [1.165, 1.54) is 12.4 Å². The van der Waals surface area contributed by atoms with Crippen LogP contribution in [0.25, 0.3) is 0 Å². The Hall–Kier alpha value is -1.95. The zero-order valence-electron chi connectivity index (χ0n) is 10.3. The van der Waals surface area contributed by atoms with Crippen molar-refractivity contribution in [1.82, 2.24) is 15.3 Å². The summed E-state index contributed by atoms with van der Waals surface area (Å²) in [6, 6.07) is 7.59. The highest BCUT2D eigenvalue weighted by atomic mass is 79.9. The summed E-state index contributed by atoms with van der Waals surface area (Å²) >= 11 is 3.40. The molecule has 1 atom stereocenters. The monoisotopic (exact) mass is 320 g/mol. The number of hydrogen-bond acceptors (Lipinski definition) is 4. The normalized spacial score (nSPS) is 11.9. The largest absolute Gasteiger partial charge is 0.382 e. The summed E-state index contributed by atoms with van der Waals surface area (Å²) in [6.45, 7) is 1.90. The number of carbonyl (C=O) groups excluding carboxylic acids is 1. The zero-order chi connectivity index (χ0) is 13.8. The molecule has 0 unspecified atom stereocenters. The van der Waals surface area contributed by atoms with Crippen molar-refractivity contribution in [3.63, 3.8) is 0 Å². The van der Waals surface area contributed by atoms with Gasteiger partial charge in [0.25, 0.3) is 5.91 Å². The van der Waals surface area contributed by atoms with Gasteiger partial charge in [-0.25, -0.2) is 9.97 Å². The number of amides is 1. The van der Waals surface area contributed by atoms with Gasteiger partial charge in [-0.15, -0.1) is 0 Å². The smallest absolute Gasteiger partial charge is 0.274 e. The quantitative estimate of drug-likeness (QED) is 0.909. The van der Waals surface area contributed by atoms with Crippen LogP contribution < -0.4 is 11.1 Å². The van der Waals surface area contributed by atoms with Crippen LogP contribution in [-0.4, -0.2) is 15.9 Å². The molecule has 1 aromatic carbocycles. The Labute approximate surface area is 119 Å². The number of anilines is 1. The van der Waals surface area contributed by atoms with E-state index in [4.69, 9.17) is 5.73 Å². The SMILES string of the molecule is C[C@@H](NC(=O)c1nccnc1N)c1cccc(Br)c1. The van der Waals surface area contributed by atoms with Crippen LogP contribution >= 0.6 is 15.9 Å². The average molecular weight is 321 g/mol. The first-order chi connectivity index (χ1) is 9.08. The number of nitrogens with one attached hydrogen (secondary N) is 1. The van der Waals surface area contributed by atoms with Crippen molar-refractivity contribution in [2.24, 2.45) is 0 Å². The Morgan fingerprint density at radius 2 is 2.11 bits per heavy atom. The molecule has 0 fully saturated rings. The first-order valence-electron chi connectivity index (χ1n) is 5.70. The number of halogens is 1. The number of nitrogens with two attached hydrogens (primary N) is 1. The number of rotatable bonds is 3. The first-order valence-corrected chi connectivity index (χ1v) is 6.50. The average Bonchev–Trinajstić information content (AvgIpc) is 2.39. The topological polar surface area (TPSA) is 80.9 Å². The fourth-order valence-corrected chi connectivity index (χ4v) is 2.06. The molecular weight excluding hydrogens is 308 g/mol. The second kappa shape index (κ2) is 5.79. The summed E-state index contributed by atoms with van der Waals surface area (Å²) in [5.41, 5.74) is 6.75. The lowest BCUT2D eigenvalue weighted by Crippen LogP contribution is -2.28. The number of hydrogen-bond donors (Lipinski definition) is 2. The predicted octanol–water partition coefficient (Wildman–Crippen LogP) is 2.31. The standard InChI is InChI=1S/C13H13BrN4O/c1-8(9-3-2-4-10(14)7-9)18-13(19)11-12(15)17-6-5-16-11/h2-8H,1H3,(H2,15,17)(H,18,19)/t8-/m1/s1. The fourth-order valence-electron chi connectivity index (χ4n) is 1.65. The second-order valence-corrected chi connectivity index (χ2v) is 4.96. The van der Waals surface area contributed by atoms with Crippen LogP contribution in [0.2, 0.25) is 0 Å². The summed E-state index contributed by atoms with van der Waals surface area (Å²) in [7, 11) is 0. The van der Waals surface area contributed by atoms with E-state index in [-0.39, 0.29) is 23.5 Å². The van der Waals surface area contributed by atoms with Crippen LogP contribution in [0.4, 0.5) is 5.82 Å². The molecule has 0 aliphatic rings. The van der Waals surface area contributed by atoms with Gasteiger partial charge >= 0.3 is 0 Å². The van der Waals surface area contributed by atoms with Crippen LogP contribution in [0.15, 0.2) is 41.1 Å². The Kier molecular flexibility index (Phi) is 4.11. The minimum absolute atomic E-state index is 0.126. The van der Waals surface area contributed by atoms with Crippen molar-refractivity contribution in [1.29, 1.82) is 0 Å². The van der Waals surface area contributed by atoms with Gasteiger partial charge in [0.05, 0.1) is 6.04 Å². The molecule has 5 nitrogen and oxygen atoms in total. The van der Waals surface area contributed by atoms with Gasteiger partial charge in [0, 0.05) is 16.9 Å². The van der Waals surface area contributed by atoms with E-state index in [9.17, 15) is 4.79 Å². The molecule has 0 aliphatic heterocycles. The number of carbonyl (C=O) groups is 1. The Morgan fingerprint density at radius 1 is 1.37 bits per heavy atom. The van der Waals surface area contributed by atoms with E-state index in [0.29, 0.717) is 0 Å². The maximum atomic E-state index is 12.0. The first kappa shape index (κ1) is 13.5. The molecule has 0 bridgehead atoms. The van der Waals surface area contributed by atoms with E-state index in [1.54, 1.807) is 0 Å². The zero-order valence-corrected chi connectivity index (χ0v) is 11.9. The lowest BCUT2D eigenvalue weighted by Gasteiger charge is -2.14. The molecule has 0 saturated heterocycles. The van der Waals surface area contributed by atoms with Crippen molar-refractivity contribution in [2.45, 2.75) is 13.0 Å². The predicted molar refractivity (Wildman–Crippen MR) is 76.5 cm³/mol. The Morgan fingerprint density at radius 3 is 2.79 bits per heavy atom. The number of benzene rings is 1. The third-order valence-electron chi connectivity index (χ3n) is 2.64. The second-order valence-electron chi connectivity index (χ2n) is 4.04. The van der Waals surface area contributed by atoms with Gasteiger partial charge in [-0.05, 0) is 24.6 Å². The number of nitrogens with zero attached hydrogens (tertiary/aromatic N) is 2. The molecule has 0 radical (unpaired) electrons. The Balaban J connectivity index is 2.13. The maximum Gasteiger partial charge on any atom is 0.274 e. The van der Waals surface area contributed by atoms with Crippen LogP contribution in [0, 0.1) is 0 Å². The highest BCUT2D eigenvalue weighted by molar-refractivity contribution is 9.10. The lowest BCUT2D eigenvalue weighted by atomic mass is 10.1. The molecule has 3 N–H and O–H groups in total. The van der Waals surface area contributed by atoms with E-state index in [2.05, 4.69) is 31.2 Å². The minimum atomic E-state index is -0.335. The van der Waals surface area contributed by atoms with Gasteiger partial charge in [-0.1, -0.05) is 28.1 Å².